The van der Waals surface area contributed by atoms with Crippen molar-refractivity contribution < 1.29 is 13.2 Å². The van der Waals surface area contributed by atoms with Gasteiger partial charge in [0.25, 0.3) is 0 Å². The van der Waals surface area contributed by atoms with Gasteiger partial charge in [-0.05, 0) is 18.2 Å². The third kappa shape index (κ3) is 3.61. The SMILES string of the molecule is NC(=O)CNS(=O)(=O)c1cccc(Br)c1. The summed E-state index contributed by atoms with van der Waals surface area (Å²) in [5.41, 5.74) is 4.83. The van der Waals surface area contributed by atoms with E-state index in [1.165, 1.54) is 12.1 Å². The number of benzene rings is 1. The number of rotatable bonds is 4. The van der Waals surface area contributed by atoms with Crippen molar-refractivity contribution in [3.63, 3.8) is 0 Å². The van der Waals surface area contributed by atoms with Crippen LogP contribution in [0.1, 0.15) is 0 Å². The largest absolute Gasteiger partial charge is 0.369 e. The van der Waals surface area contributed by atoms with Crippen molar-refractivity contribution >= 4 is 31.9 Å². The van der Waals surface area contributed by atoms with Gasteiger partial charge >= 0.3 is 0 Å². The summed E-state index contributed by atoms with van der Waals surface area (Å²) >= 11 is 3.15. The Hall–Kier alpha value is -0.920. The van der Waals surface area contributed by atoms with Crippen molar-refractivity contribution in [2.45, 2.75) is 4.90 Å². The first-order chi connectivity index (χ1) is 6.92. The summed E-state index contributed by atoms with van der Waals surface area (Å²) in [6, 6.07) is 6.15. The first-order valence-electron chi connectivity index (χ1n) is 3.95. The van der Waals surface area contributed by atoms with Crippen LogP contribution in [0.5, 0.6) is 0 Å². The lowest BCUT2D eigenvalue weighted by Crippen LogP contribution is -2.33. The van der Waals surface area contributed by atoms with Crippen LogP contribution in [0.2, 0.25) is 0 Å². The maximum atomic E-state index is 11.5. The molecule has 0 spiro atoms. The van der Waals surface area contributed by atoms with Crippen molar-refractivity contribution in [1.29, 1.82) is 0 Å². The van der Waals surface area contributed by atoms with Crippen LogP contribution in [0.3, 0.4) is 0 Å². The first-order valence-corrected chi connectivity index (χ1v) is 6.23. The number of halogens is 1. The first kappa shape index (κ1) is 12.2. The van der Waals surface area contributed by atoms with Gasteiger partial charge in [-0.15, -0.1) is 0 Å². The fourth-order valence-corrected chi connectivity index (χ4v) is 2.47. The number of carbonyl (C=O) groups is 1. The van der Waals surface area contributed by atoms with Crippen LogP contribution in [-0.2, 0) is 14.8 Å². The van der Waals surface area contributed by atoms with Crippen molar-refractivity contribution in [3.05, 3.63) is 28.7 Å². The lowest BCUT2D eigenvalue weighted by atomic mass is 10.4. The van der Waals surface area contributed by atoms with E-state index in [1.807, 2.05) is 0 Å². The third-order valence-corrected chi connectivity index (χ3v) is 3.43. The van der Waals surface area contributed by atoms with Gasteiger partial charge in [-0.2, -0.15) is 0 Å². The van der Waals surface area contributed by atoms with Crippen molar-refractivity contribution in [3.8, 4) is 0 Å². The van der Waals surface area contributed by atoms with E-state index in [-0.39, 0.29) is 4.90 Å². The van der Waals surface area contributed by atoms with E-state index in [2.05, 4.69) is 20.7 Å². The van der Waals surface area contributed by atoms with Gasteiger partial charge in [-0.3, -0.25) is 4.79 Å². The maximum Gasteiger partial charge on any atom is 0.241 e. The molecule has 1 amide bonds. The highest BCUT2D eigenvalue weighted by Crippen LogP contribution is 2.15. The number of hydrogen-bond donors (Lipinski definition) is 2. The summed E-state index contributed by atoms with van der Waals surface area (Å²) in [6.45, 7) is -0.408. The average molecular weight is 293 g/mol. The van der Waals surface area contributed by atoms with Crippen LogP contribution in [0, 0.1) is 0 Å². The number of nitrogens with one attached hydrogen (secondary N) is 1. The van der Waals surface area contributed by atoms with E-state index in [4.69, 9.17) is 5.73 Å². The summed E-state index contributed by atoms with van der Waals surface area (Å²) in [5.74, 6) is -0.728. The Kier molecular flexibility index (Phi) is 3.83. The molecule has 0 radical (unpaired) electrons. The van der Waals surface area contributed by atoms with Crippen LogP contribution in [-0.4, -0.2) is 20.9 Å². The molecule has 7 heteroatoms. The van der Waals surface area contributed by atoms with E-state index in [0.29, 0.717) is 4.47 Å². The second kappa shape index (κ2) is 4.73. The lowest BCUT2D eigenvalue weighted by molar-refractivity contribution is -0.116. The Morgan fingerprint density at radius 2 is 2.13 bits per heavy atom. The van der Waals surface area contributed by atoms with Gasteiger partial charge in [0.2, 0.25) is 15.9 Å². The molecule has 5 nitrogen and oxygen atoms in total. The number of primary amides is 1. The molecule has 0 aliphatic rings. The van der Waals surface area contributed by atoms with Crippen LogP contribution >= 0.6 is 15.9 Å². The van der Waals surface area contributed by atoms with Crippen LogP contribution in [0.15, 0.2) is 33.6 Å². The van der Waals surface area contributed by atoms with Crippen LogP contribution in [0.25, 0.3) is 0 Å². The van der Waals surface area contributed by atoms with E-state index < -0.39 is 22.5 Å². The fraction of sp³-hybridized carbons (Fsp3) is 0.125. The summed E-state index contributed by atoms with van der Waals surface area (Å²) in [5, 5.41) is 0. The molecule has 3 N–H and O–H groups in total. The topological polar surface area (TPSA) is 89.3 Å². The third-order valence-electron chi connectivity index (χ3n) is 1.54. The van der Waals surface area contributed by atoms with E-state index in [1.54, 1.807) is 12.1 Å². The second-order valence-electron chi connectivity index (χ2n) is 2.75. The standard InChI is InChI=1S/C8H9BrN2O3S/c9-6-2-1-3-7(4-6)15(13,14)11-5-8(10)12/h1-4,11H,5H2,(H2,10,12). The Labute approximate surface area is 95.8 Å². The highest BCUT2D eigenvalue weighted by molar-refractivity contribution is 9.10. The quantitative estimate of drug-likeness (QED) is 0.831. The zero-order chi connectivity index (χ0) is 11.5. The molecule has 0 aliphatic heterocycles. The summed E-state index contributed by atoms with van der Waals surface area (Å²) in [6.07, 6.45) is 0. The van der Waals surface area contributed by atoms with Gasteiger partial charge in [0.1, 0.15) is 0 Å². The van der Waals surface area contributed by atoms with Crippen molar-refractivity contribution in [1.82, 2.24) is 4.72 Å². The molecule has 15 heavy (non-hydrogen) atoms. The minimum absolute atomic E-state index is 0.0816. The Morgan fingerprint density at radius 1 is 1.47 bits per heavy atom. The molecule has 0 saturated carbocycles. The van der Waals surface area contributed by atoms with Crippen molar-refractivity contribution in [2.24, 2.45) is 5.73 Å². The molecule has 0 saturated heterocycles. The minimum Gasteiger partial charge on any atom is -0.369 e. The average Bonchev–Trinajstić information content (AvgIpc) is 2.15. The summed E-state index contributed by atoms with van der Waals surface area (Å²) in [7, 11) is -3.66. The van der Waals surface area contributed by atoms with Crippen LogP contribution < -0.4 is 10.5 Å². The van der Waals surface area contributed by atoms with Gasteiger partial charge < -0.3 is 5.73 Å². The molecule has 0 aromatic heterocycles. The molecule has 0 heterocycles. The van der Waals surface area contributed by atoms with Gasteiger partial charge in [-0.1, -0.05) is 22.0 Å². The number of nitrogens with two attached hydrogens (primary N) is 1. The Morgan fingerprint density at radius 3 is 2.67 bits per heavy atom. The number of sulfonamides is 1. The molecule has 0 aliphatic carbocycles. The summed E-state index contributed by atoms with van der Waals surface area (Å²) in [4.78, 5) is 10.5. The van der Waals surface area contributed by atoms with Gasteiger partial charge in [0.15, 0.2) is 0 Å². The predicted molar refractivity (Wildman–Crippen MR) is 58.5 cm³/mol. The zero-order valence-corrected chi connectivity index (χ0v) is 10.0. The van der Waals surface area contributed by atoms with E-state index >= 15 is 0 Å². The molecule has 1 aromatic rings. The molecule has 1 rings (SSSR count). The Bertz CT molecular complexity index is 473. The smallest absolute Gasteiger partial charge is 0.241 e. The number of amides is 1. The second-order valence-corrected chi connectivity index (χ2v) is 5.43. The molecule has 0 atom stereocenters. The van der Waals surface area contributed by atoms with Crippen molar-refractivity contribution in [2.75, 3.05) is 6.54 Å². The molecule has 0 bridgehead atoms. The number of hydrogen-bond acceptors (Lipinski definition) is 3. The van der Waals surface area contributed by atoms with Crippen LogP contribution in [0.4, 0.5) is 0 Å². The fourth-order valence-electron chi connectivity index (χ4n) is 0.884. The molecule has 0 unspecified atom stereocenters. The molecule has 1 aromatic carbocycles. The predicted octanol–water partition coefficient (Wildman–Crippen LogP) is 0.213. The van der Waals surface area contributed by atoms with E-state index in [0.717, 1.165) is 0 Å². The number of carbonyl (C=O) groups excluding carboxylic acids is 1. The molecular weight excluding hydrogens is 284 g/mol. The molecule has 82 valence electrons. The monoisotopic (exact) mass is 292 g/mol. The maximum absolute atomic E-state index is 11.5. The highest BCUT2D eigenvalue weighted by Gasteiger charge is 2.14. The summed E-state index contributed by atoms with van der Waals surface area (Å²) < 4.78 is 25.8. The van der Waals surface area contributed by atoms with Gasteiger partial charge in [0, 0.05) is 4.47 Å². The molecule has 0 fully saturated rings. The molecular formula is C8H9BrN2O3S. The van der Waals surface area contributed by atoms with E-state index in [9.17, 15) is 13.2 Å². The van der Waals surface area contributed by atoms with Gasteiger partial charge in [0.05, 0.1) is 11.4 Å². The minimum atomic E-state index is -3.66. The normalized spacial score (nSPS) is 11.3. The highest BCUT2D eigenvalue weighted by atomic mass is 79.9. The van der Waals surface area contributed by atoms with Gasteiger partial charge in [-0.25, -0.2) is 13.1 Å². The zero-order valence-electron chi connectivity index (χ0n) is 7.60. The Balaban J connectivity index is 2.91. The lowest BCUT2D eigenvalue weighted by Gasteiger charge is -2.04.